The molecule has 6 nitrogen and oxygen atoms in total. The SMILES string of the molecule is CCOC(=O)/C=C/C(=O)Nc1ccc(NC(=O)c2cccc(C)c2)cc1. The summed E-state index contributed by atoms with van der Waals surface area (Å²) in [5.74, 6) is -1.23. The lowest BCUT2D eigenvalue weighted by atomic mass is 10.1. The summed E-state index contributed by atoms with van der Waals surface area (Å²) in [6, 6.07) is 14.0. The van der Waals surface area contributed by atoms with Crippen molar-refractivity contribution >= 4 is 29.2 Å². The number of rotatable bonds is 6. The highest BCUT2D eigenvalue weighted by molar-refractivity contribution is 6.05. The van der Waals surface area contributed by atoms with Gasteiger partial charge in [0.05, 0.1) is 6.61 Å². The number of hydrogen-bond donors (Lipinski definition) is 2. The van der Waals surface area contributed by atoms with E-state index in [0.717, 1.165) is 17.7 Å². The number of carbonyl (C=O) groups is 3. The minimum atomic E-state index is -0.572. The highest BCUT2D eigenvalue weighted by atomic mass is 16.5. The van der Waals surface area contributed by atoms with Crippen molar-refractivity contribution in [2.75, 3.05) is 17.2 Å². The zero-order valence-electron chi connectivity index (χ0n) is 14.6. The van der Waals surface area contributed by atoms with Crippen molar-refractivity contribution < 1.29 is 19.1 Å². The maximum Gasteiger partial charge on any atom is 0.330 e. The number of aryl methyl sites for hydroxylation is 1. The molecule has 6 heteroatoms. The summed E-state index contributed by atoms with van der Waals surface area (Å²) < 4.78 is 4.69. The lowest BCUT2D eigenvalue weighted by molar-refractivity contribution is -0.137. The van der Waals surface area contributed by atoms with E-state index in [1.165, 1.54) is 0 Å². The zero-order valence-corrected chi connectivity index (χ0v) is 14.6. The third kappa shape index (κ3) is 5.90. The molecule has 2 aromatic carbocycles. The van der Waals surface area contributed by atoms with Gasteiger partial charge in [-0.2, -0.15) is 0 Å². The number of anilines is 2. The molecular weight excluding hydrogens is 332 g/mol. The smallest absolute Gasteiger partial charge is 0.330 e. The molecule has 2 N–H and O–H groups in total. The normalized spacial score (nSPS) is 10.4. The van der Waals surface area contributed by atoms with Crippen LogP contribution in [0.25, 0.3) is 0 Å². The first-order valence-electron chi connectivity index (χ1n) is 8.12. The molecule has 0 bridgehead atoms. The van der Waals surface area contributed by atoms with Gasteiger partial charge in [0.15, 0.2) is 0 Å². The Bertz CT molecular complexity index is 826. The molecule has 0 aliphatic carbocycles. The standard InChI is InChI=1S/C20H20N2O4/c1-3-26-19(24)12-11-18(23)21-16-7-9-17(10-8-16)22-20(25)15-6-4-5-14(2)13-15/h4-13H,3H2,1-2H3,(H,21,23)(H,22,25)/b12-11+. The Labute approximate surface area is 151 Å². The van der Waals surface area contributed by atoms with E-state index in [1.807, 2.05) is 19.1 Å². The maximum atomic E-state index is 12.2. The van der Waals surface area contributed by atoms with E-state index in [9.17, 15) is 14.4 Å². The van der Waals surface area contributed by atoms with Gasteiger partial charge in [0.1, 0.15) is 0 Å². The van der Waals surface area contributed by atoms with Crippen LogP contribution in [0.15, 0.2) is 60.7 Å². The molecule has 0 unspecified atom stereocenters. The first kappa shape index (κ1) is 18.9. The van der Waals surface area contributed by atoms with Crippen LogP contribution in [-0.4, -0.2) is 24.4 Å². The van der Waals surface area contributed by atoms with Crippen molar-refractivity contribution in [2.24, 2.45) is 0 Å². The summed E-state index contributed by atoms with van der Waals surface area (Å²) in [6.07, 6.45) is 2.17. The third-order valence-electron chi connectivity index (χ3n) is 3.35. The molecule has 0 fully saturated rings. The van der Waals surface area contributed by atoms with Gasteiger partial charge in [-0.1, -0.05) is 17.7 Å². The number of ether oxygens (including phenoxy) is 1. The van der Waals surface area contributed by atoms with Crippen molar-refractivity contribution in [3.63, 3.8) is 0 Å². The number of carbonyl (C=O) groups excluding carboxylic acids is 3. The number of hydrogen-bond acceptors (Lipinski definition) is 4. The largest absolute Gasteiger partial charge is 0.463 e. The molecule has 26 heavy (non-hydrogen) atoms. The van der Waals surface area contributed by atoms with Crippen LogP contribution in [0.5, 0.6) is 0 Å². The van der Waals surface area contributed by atoms with Gasteiger partial charge in [0.25, 0.3) is 5.91 Å². The van der Waals surface area contributed by atoms with Crippen LogP contribution in [-0.2, 0) is 14.3 Å². The van der Waals surface area contributed by atoms with Gasteiger partial charge in [0, 0.05) is 29.1 Å². The van der Waals surface area contributed by atoms with Gasteiger partial charge >= 0.3 is 5.97 Å². The lowest BCUT2D eigenvalue weighted by Gasteiger charge is -2.07. The van der Waals surface area contributed by atoms with Crippen molar-refractivity contribution in [1.82, 2.24) is 0 Å². The quantitative estimate of drug-likeness (QED) is 0.617. The second-order valence-corrected chi connectivity index (χ2v) is 5.48. The van der Waals surface area contributed by atoms with E-state index < -0.39 is 11.9 Å². The Morgan fingerprint density at radius 2 is 1.62 bits per heavy atom. The molecule has 2 rings (SSSR count). The predicted octanol–water partition coefficient (Wildman–Crippen LogP) is 3.31. The highest BCUT2D eigenvalue weighted by Crippen LogP contribution is 2.15. The zero-order chi connectivity index (χ0) is 18.9. The summed E-state index contributed by atoms with van der Waals surface area (Å²) in [7, 11) is 0. The minimum absolute atomic E-state index is 0.206. The van der Waals surface area contributed by atoms with Crippen LogP contribution in [0.4, 0.5) is 11.4 Å². The number of nitrogens with one attached hydrogen (secondary N) is 2. The van der Waals surface area contributed by atoms with Gasteiger partial charge in [0.2, 0.25) is 5.91 Å². The fourth-order valence-corrected chi connectivity index (χ4v) is 2.14. The van der Waals surface area contributed by atoms with Crippen LogP contribution in [0.3, 0.4) is 0 Å². The van der Waals surface area contributed by atoms with Gasteiger partial charge in [-0.05, 0) is 50.2 Å². The van der Waals surface area contributed by atoms with Gasteiger partial charge in [-0.25, -0.2) is 4.79 Å². The summed E-state index contributed by atoms with van der Waals surface area (Å²) in [4.78, 5) is 35.1. The maximum absolute atomic E-state index is 12.2. The van der Waals surface area contributed by atoms with E-state index in [-0.39, 0.29) is 12.5 Å². The average Bonchev–Trinajstić information content (AvgIpc) is 2.62. The molecule has 0 aliphatic heterocycles. The van der Waals surface area contributed by atoms with Crippen molar-refractivity contribution in [3.05, 3.63) is 71.8 Å². The fourth-order valence-electron chi connectivity index (χ4n) is 2.14. The molecule has 2 amide bonds. The summed E-state index contributed by atoms with van der Waals surface area (Å²) >= 11 is 0. The molecular formula is C20H20N2O4. The second-order valence-electron chi connectivity index (χ2n) is 5.48. The number of amides is 2. The molecule has 0 spiro atoms. The van der Waals surface area contributed by atoms with E-state index in [0.29, 0.717) is 16.9 Å². The Hall–Kier alpha value is -3.41. The summed E-state index contributed by atoms with van der Waals surface area (Å²) in [5, 5.41) is 5.41. The van der Waals surface area contributed by atoms with E-state index in [4.69, 9.17) is 4.74 Å². The van der Waals surface area contributed by atoms with E-state index in [2.05, 4.69) is 10.6 Å². The molecule has 134 valence electrons. The predicted molar refractivity (Wildman–Crippen MR) is 100.0 cm³/mol. The van der Waals surface area contributed by atoms with Gasteiger partial charge in [-0.15, -0.1) is 0 Å². The monoisotopic (exact) mass is 352 g/mol. The van der Waals surface area contributed by atoms with Crippen LogP contribution >= 0.6 is 0 Å². The van der Waals surface area contributed by atoms with Crippen molar-refractivity contribution in [3.8, 4) is 0 Å². The number of esters is 1. The highest BCUT2D eigenvalue weighted by Gasteiger charge is 2.06. The molecule has 0 radical (unpaired) electrons. The molecule has 0 aromatic heterocycles. The van der Waals surface area contributed by atoms with Gasteiger partial charge < -0.3 is 15.4 Å². The second kappa shape index (κ2) is 9.17. The van der Waals surface area contributed by atoms with Crippen LogP contribution in [0.1, 0.15) is 22.8 Å². The van der Waals surface area contributed by atoms with Crippen molar-refractivity contribution in [2.45, 2.75) is 13.8 Å². The first-order chi connectivity index (χ1) is 12.5. The van der Waals surface area contributed by atoms with Crippen molar-refractivity contribution in [1.29, 1.82) is 0 Å². The first-order valence-corrected chi connectivity index (χ1v) is 8.12. The Morgan fingerprint density at radius 3 is 2.23 bits per heavy atom. The molecule has 0 saturated carbocycles. The van der Waals surface area contributed by atoms with Crippen LogP contribution in [0.2, 0.25) is 0 Å². The van der Waals surface area contributed by atoms with Crippen LogP contribution < -0.4 is 10.6 Å². The van der Waals surface area contributed by atoms with E-state index >= 15 is 0 Å². The summed E-state index contributed by atoms with van der Waals surface area (Å²) in [6.45, 7) is 3.86. The van der Waals surface area contributed by atoms with E-state index in [1.54, 1.807) is 43.3 Å². The Kier molecular flexibility index (Phi) is 6.68. The average molecular weight is 352 g/mol. The molecule has 0 saturated heterocycles. The third-order valence-corrected chi connectivity index (χ3v) is 3.35. The Balaban J connectivity index is 1.92. The molecule has 2 aromatic rings. The minimum Gasteiger partial charge on any atom is -0.463 e. The lowest BCUT2D eigenvalue weighted by Crippen LogP contribution is -2.12. The molecule has 0 aliphatic rings. The summed E-state index contributed by atoms with van der Waals surface area (Å²) in [5.41, 5.74) is 2.73. The topological polar surface area (TPSA) is 84.5 Å². The fraction of sp³-hybridized carbons (Fsp3) is 0.150. The van der Waals surface area contributed by atoms with Crippen LogP contribution in [0, 0.1) is 6.92 Å². The Morgan fingerprint density at radius 1 is 0.962 bits per heavy atom. The number of benzene rings is 2. The van der Waals surface area contributed by atoms with Gasteiger partial charge in [-0.3, -0.25) is 9.59 Å². The molecule has 0 heterocycles. The molecule has 0 atom stereocenters.